The van der Waals surface area contributed by atoms with E-state index < -0.39 is 0 Å². The maximum Gasteiger partial charge on any atom is 0.307 e. The van der Waals surface area contributed by atoms with Gasteiger partial charge in [0, 0.05) is 0 Å². The molecule has 1 N–H and O–H groups in total. The first-order chi connectivity index (χ1) is 11.3. The van der Waals surface area contributed by atoms with Gasteiger partial charge in [0.25, 0.3) is 0 Å². The lowest BCUT2D eigenvalue weighted by Crippen LogP contribution is -2.16. The second-order valence-electron chi connectivity index (χ2n) is 5.26. The van der Waals surface area contributed by atoms with E-state index in [1.54, 1.807) is 18.3 Å². The number of amides is 1. The molecule has 0 aliphatic rings. The minimum atomic E-state index is -0.348. The molecule has 0 unspecified atom stereocenters. The van der Waals surface area contributed by atoms with Crippen LogP contribution in [-0.4, -0.2) is 12.1 Å². The molecule has 2 aromatic rings. The number of nitrogens with one attached hydrogen (secondary N) is 1. The van der Waals surface area contributed by atoms with Crippen molar-refractivity contribution in [3.63, 3.8) is 0 Å². The highest BCUT2D eigenvalue weighted by atomic mass is 16.3. The van der Waals surface area contributed by atoms with Gasteiger partial charge in [0.1, 0.15) is 0 Å². The molecule has 0 bridgehead atoms. The van der Waals surface area contributed by atoms with Crippen LogP contribution in [0.15, 0.2) is 63.8 Å². The van der Waals surface area contributed by atoms with Gasteiger partial charge in [0.15, 0.2) is 5.76 Å². The number of carbonyl (C=O) groups excluding carboxylic acids is 1. The van der Waals surface area contributed by atoms with E-state index in [0.717, 1.165) is 24.0 Å². The van der Waals surface area contributed by atoms with E-state index in [-0.39, 0.29) is 11.7 Å². The van der Waals surface area contributed by atoms with Gasteiger partial charge in [-0.05, 0) is 36.1 Å². The lowest BCUT2D eigenvalue weighted by atomic mass is 10.1. The van der Waals surface area contributed by atoms with Crippen molar-refractivity contribution in [3.05, 3.63) is 65.6 Å². The molecule has 2 rings (SSSR count). The topological polar surface area (TPSA) is 54.6 Å². The van der Waals surface area contributed by atoms with E-state index in [2.05, 4.69) is 35.7 Å². The van der Waals surface area contributed by atoms with Gasteiger partial charge in [0.2, 0.25) is 0 Å². The molecule has 0 aliphatic heterocycles. The van der Waals surface area contributed by atoms with Crippen LogP contribution in [0.1, 0.15) is 48.7 Å². The van der Waals surface area contributed by atoms with Gasteiger partial charge in [-0.25, -0.2) is 5.43 Å². The molecule has 0 aliphatic carbocycles. The average Bonchev–Trinajstić information content (AvgIpc) is 3.10. The molecule has 1 aromatic heterocycles. The number of furan rings is 1. The van der Waals surface area contributed by atoms with Crippen LogP contribution in [0.4, 0.5) is 0 Å². The Morgan fingerprint density at radius 3 is 2.70 bits per heavy atom. The van der Waals surface area contributed by atoms with Crippen molar-refractivity contribution in [2.24, 2.45) is 5.10 Å². The van der Waals surface area contributed by atoms with Crippen LogP contribution in [0.5, 0.6) is 0 Å². The Labute approximate surface area is 136 Å². The Hall–Kier alpha value is -2.62. The largest absolute Gasteiger partial charge is 0.459 e. The normalized spacial score (nSPS) is 11.8. The highest BCUT2D eigenvalue weighted by Crippen LogP contribution is 2.12. The Balaban J connectivity index is 2.00. The first kappa shape index (κ1) is 16.7. The molecular weight excluding hydrogens is 288 g/mol. The lowest BCUT2D eigenvalue weighted by molar-refractivity contribution is 0.0927. The number of benzene rings is 1. The van der Waals surface area contributed by atoms with E-state index in [9.17, 15) is 4.79 Å². The van der Waals surface area contributed by atoms with Crippen LogP contribution in [0.2, 0.25) is 0 Å². The number of rotatable bonds is 8. The summed E-state index contributed by atoms with van der Waals surface area (Å²) in [5, 5.41) is 4.05. The smallest absolute Gasteiger partial charge is 0.307 e. The van der Waals surface area contributed by atoms with Crippen LogP contribution in [-0.2, 0) is 0 Å². The minimum absolute atomic E-state index is 0.252. The summed E-state index contributed by atoms with van der Waals surface area (Å²) in [5.41, 5.74) is 4.70. The van der Waals surface area contributed by atoms with Crippen LogP contribution in [0.3, 0.4) is 0 Å². The van der Waals surface area contributed by atoms with E-state index in [0.29, 0.717) is 0 Å². The number of allylic oxidation sites excluding steroid dienone is 1. The van der Waals surface area contributed by atoms with Gasteiger partial charge in [-0.15, -0.1) is 0 Å². The number of hydrogen-bond donors (Lipinski definition) is 1. The highest BCUT2D eigenvalue weighted by Gasteiger charge is 2.06. The molecule has 0 atom stereocenters. The summed E-state index contributed by atoms with van der Waals surface area (Å²) in [5.74, 6) is -0.0967. The summed E-state index contributed by atoms with van der Waals surface area (Å²) >= 11 is 0. The summed E-state index contributed by atoms with van der Waals surface area (Å²) < 4.78 is 5.03. The maximum atomic E-state index is 11.8. The third-order valence-electron chi connectivity index (χ3n) is 3.36. The van der Waals surface area contributed by atoms with Crippen molar-refractivity contribution in [2.75, 3.05) is 0 Å². The van der Waals surface area contributed by atoms with Crippen LogP contribution in [0, 0.1) is 0 Å². The second-order valence-corrected chi connectivity index (χ2v) is 5.26. The monoisotopic (exact) mass is 310 g/mol. The minimum Gasteiger partial charge on any atom is -0.459 e. The van der Waals surface area contributed by atoms with Crippen molar-refractivity contribution in [1.29, 1.82) is 0 Å². The summed E-state index contributed by atoms with van der Waals surface area (Å²) in [7, 11) is 0. The van der Waals surface area contributed by atoms with Crippen molar-refractivity contribution in [1.82, 2.24) is 5.43 Å². The Kier molecular flexibility index (Phi) is 6.85. The van der Waals surface area contributed by atoms with Gasteiger partial charge in [-0.1, -0.05) is 56.2 Å². The summed E-state index contributed by atoms with van der Waals surface area (Å²) in [6, 6.07) is 13.4. The molecular formula is C19H22N2O2. The number of nitrogens with zero attached hydrogens (tertiary/aromatic N) is 1. The van der Waals surface area contributed by atoms with Crippen molar-refractivity contribution >= 4 is 18.2 Å². The molecule has 1 aromatic carbocycles. The molecule has 4 nitrogen and oxygen atoms in total. The lowest BCUT2D eigenvalue weighted by Gasteiger charge is -2.03. The SMILES string of the molecule is CCCCCC(/C=N/NC(=O)c1ccco1)=C\c1ccccc1. The van der Waals surface area contributed by atoms with Gasteiger partial charge in [-0.2, -0.15) is 5.10 Å². The number of carbonyl (C=O) groups is 1. The van der Waals surface area contributed by atoms with Gasteiger partial charge in [0.05, 0.1) is 12.5 Å². The fourth-order valence-corrected chi connectivity index (χ4v) is 2.15. The zero-order valence-corrected chi connectivity index (χ0v) is 13.4. The van der Waals surface area contributed by atoms with Crippen molar-refractivity contribution in [2.45, 2.75) is 32.6 Å². The second kappa shape index (κ2) is 9.41. The molecule has 0 fully saturated rings. The van der Waals surface area contributed by atoms with Crippen molar-refractivity contribution in [3.8, 4) is 0 Å². The third kappa shape index (κ3) is 5.94. The van der Waals surface area contributed by atoms with Gasteiger partial charge < -0.3 is 4.42 Å². The highest BCUT2D eigenvalue weighted by molar-refractivity contribution is 5.92. The maximum absolute atomic E-state index is 11.8. The first-order valence-electron chi connectivity index (χ1n) is 7.92. The zero-order valence-electron chi connectivity index (χ0n) is 13.4. The fraction of sp³-hybridized carbons (Fsp3) is 0.263. The number of hydrogen-bond acceptors (Lipinski definition) is 3. The zero-order chi connectivity index (χ0) is 16.3. The van der Waals surface area contributed by atoms with Crippen LogP contribution >= 0.6 is 0 Å². The Morgan fingerprint density at radius 1 is 1.17 bits per heavy atom. The summed E-state index contributed by atoms with van der Waals surface area (Å²) in [6.45, 7) is 2.18. The van der Waals surface area contributed by atoms with Crippen molar-refractivity contribution < 1.29 is 9.21 Å². The molecule has 120 valence electrons. The Morgan fingerprint density at radius 2 is 2.00 bits per heavy atom. The first-order valence-corrected chi connectivity index (χ1v) is 7.92. The molecule has 0 radical (unpaired) electrons. The predicted octanol–water partition coefficient (Wildman–Crippen LogP) is 4.66. The van der Waals surface area contributed by atoms with E-state index in [1.165, 1.54) is 19.1 Å². The number of hydrazone groups is 1. The van der Waals surface area contributed by atoms with E-state index in [4.69, 9.17) is 4.42 Å². The van der Waals surface area contributed by atoms with E-state index >= 15 is 0 Å². The molecule has 0 saturated heterocycles. The van der Waals surface area contributed by atoms with Crippen LogP contribution < -0.4 is 5.43 Å². The average molecular weight is 310 g/mol. The molecule has 23 heavy (non-hydrogen) atoms. The molecule has 1 amide bonds. The van der Waals surface area contributed by atoms with Crippen LogP contribution in [0.25, 0.3) is 6.08 Å². The van der Waals surface area contributed by atoms with Gasteiger partial charge in [-0.3, -0.25) is 4.79 Å². The predicted molar refractivity (Wildman–Crippen MR) is 93.2 cm³/mol. The molecule has 0 saturated carbocycles. The summed E-state index contributed by atoms with van der Waals surface area (Å²) in [4.78, 5) is 11.8. The third-order valence-corrected chi connectivity index (χ3v) is 3.36. The Bertz CT molecular complexity index is 643. The molecule has 0 spiro atoms. The summed E-state index contributed by atoms with van der Waals surface area (Å²) in [6.07, 6.45) is 9.66. The van der Waals surface area contributed by atoms with Gasteiger partial charge >= 0.3 is 5.91 Å². The fourth-order valence-electron chi connectivity index (χ4n) is 2.15. The molecule has 1 heterocycles. The standard InChI is InChI=1S/C19H22N2O2/c1-2-3-5-11-17(14-16-9-6-4-7-10-16)15-20-21-19(22)18-12-8-13-23-18/h4,6-10,12-15H,2-3,5,11H2,1H3,(H,21,22)/b17-14+,20-15+. The quantitative estimate of drug-likeness (QED) is 0.438. The van der Waals surface area contributed by atoms with E-state index in [1.807, 2.05) is 18.2 Å². The number of unbranched alkanes of at least 4 members (excludes halogenated alkanes) is 2. The molecule has 4 heteroatoms.